The van der Waals surface area contributed by atoms with Crippen molar-refractivity contribution in [3.05, 3.63) is 72.8 Å². The smallest absolute Gasteiger partial charge is 0.0626 e. The van der Waals surface area contributed by atoms with Crippen molar-refractivity contribution in [3.63, 3.8) is 0 Å². The second-order valence-electron chi connectivity index (χ2n) is 6.32. The van der Waals surface area contributed by atoms with Crippen LogP contribution in [0.15, 0.2) is 72.8 Å². The molecule has 3 aliphatic heterocycles. The van der Waals surface area contributed by atoms with Crippen LogP contribution >= 0.6 is 0 Å². The molecule has 0 spiro atoms. The van der Waals surface area contributed by atoms with Crippen LogP contribution in [0.5, 0.6) is 0 Å². The quantitative estimate of drug-likeness (QED) is 0.499. The first kappa shape index (κ1) is 11.7. The molecule has 3 heterocycles. The van der Waals surface area contributed by atoms with E-state index < -0.39 is 16.9 Å². The Morgan fingerprint density at radius 1 is 0.571 bits per heavy atom. The molecule has 0 nitrogen and oxygen atoms in total. The minimum atomic E-state index is -1.77. The van der Waals surface area contributed by atoms with Gasteiger partial charge in [-0.1, -0.05) is 94.9 Å². The summed E-state index contributed by atoms with van der Waals surface area (Å²) in [6, 6.07) is 27.8. The molecule has 0 amide bonds. The van der Waals surface area contributed by atoms with Crippen LogP contribution < -0.4 is 31.1 Å². The first-order valence-electron chi connectivity index (χ1n) is 7.60. The average Bonchev–Trinajstić information content (AvgIpc) is 2.56. The zero-order valence-electron chi connectivity index (χ0n) is 12.0. The summed E-state index contributed by atoms with van der Waals surface area (Å²) in [6.45, 7) is 2.55. The molecule has 3 aromatic carbocycles. The number of rotatable bonds is 0. The van der Waals surface area contributed by atoms with Crippen molar-refractivity contribution in [3.8, 4) is 0 Å². The van der Waals surface area contributed by atoms with Gasteiger partial charge in [-0.3, -0.25) is 0 Å². The molecule has 0 N–H and O–H groups in total. The van der Waals surface area contributed by atoms with E-state index in [9.17, 15) is 0 Å². The van der Waals surface area contributed by atoms with E-state index in [1.807, 2.05) is 0 Å². The van der Waals surface area contributed by atoms with Crippen LogP contribution in [0.2, 0.25) is 6.55 Å². The fraction of sp³-hybridized carbons (Fsp3) is 0.0526. The van der Waals surface area contributed by atoms with E-state index in [4.69, 9.17) is 0 Å². The van der Waals surface area contributed by atoms with Crippen molar-refractivity contribution in [1.82, 2.24) is 0 Å². The van der Waals surface area contributed by atoms with Crippen molar-refractivity contribution >= 4 is 48.0 Å². The summed E-state index contributed by atoms with van der Waals surface area (Å²) in [5.74, 6) is 0. The highest BCUT2D eigenvalue weighted by Crippen LogP contribution is 2.14. The Morgan fingerprint density at radius 2 is 0.905 bits per heavy atom. The maximum atomic E-state index is 2.55. The van der Waals surface area contributed by atoms with Crippen LogP contribution in [0.1, 0.15) is 0 Å². The standard InChI is InChI=1S/C19H16Si2/c1-21-17-11-5-2-8-14(17)20(15-9-3-6-12-18(15)21)16-10-4-7-13-19(16)21/h2-13,20H,1H3. The van der Waals surface area contributed by atoms with E-state index in [0.717, 1.165) is 0 Å². The van der Waals surface area contributed by atoms with Crippen LogP contribution in [0.25, 0.3) is 0 Å². The summed E-state index contributed by atoms with van der Waals surface area (Å²) in [5.41, 5.74) is 0. The van der Waals surface area contributed by atoms with E-state index in [1.54, 1.807) is 31.1 Å². The predicted molar refractivity (Wildman–Crippen MR) is 95.9 cm³/mol. The molecule has 0 aliphatic carbocycles. The molecular formula is C19H16Si2. The topological polar surface area (TPSA) is 0 Å². The fourth-order valence-electron chi connectivity index (χ4n) is 4.55. The van der Waals surface area contributed by atoms with Crippen LogP contribution in [0.4, 0.5) is 0 Å². The second kappa shape index (κ2) is 3.84. The highest BCUT2D eigenvalue weighted by Gasteiger charge is 2.50. The molecule has 0 aromatic heterocycles. The van der Waals surface area contributed by atoms with Gasteiger partial charge in [-0.2, -0.15) is 0 Å². The molecule has 0 saturated heterocycles. The highest BCUT2D eigenvalue weighted by molar-refractivity contribution is 7.25. The van der Waals surface area contributed by atoms with Gasteiger partial charge in [-0.15, -0.1) is 0 Å². The average molecular weight is 301 g/mol. The SMILES string of the molecule is C[Si]12c3ccccc3[SiH](c3ccccc31)c1ccccc12. The molecule has 3 aliphatic rings. The minimum absolute atomic E-state index is 1.24. The third-order valence-electron chi connectivity index (χ3n) is 5.43. The second-order valence-corrected chi connectivity index (χ2v) is 12.9. The van der Waals surface area contributed by atoms with Gasteiger partial charge in [0, 0.05) is 0 Å². The van der Waals surface area contributed by atoms with E-state index in [-0.39, 0.29) is 0 Å². The third kappa shape index (κ3) is 1.26. The normalized spacial score (nSPS) is 24.1. The Kier molecular flexibility index (Phi) is 2.14. The fourth-order valence-corrected chi connectivity index (χ4v) is 15.7. The number of hydrogen-bond acceptors (Lipinski definition) is 0. The largest absolute Gasteiger partial charge is 0.145 e. The predicted octanol–water partition coefficient (Wildman–Crippen LogP) is -0.338. The Balaban J connectivity index is 2.00. The molecular weight excluding hydrogens is 284 g/mol. The Morgan fingerprint density at radius 3 is 1.29 bits per heavy atom. The van der Waals surface area contributed by atoms with Crippen LogP contribution in [0.3, 0.4) is 0 Å². The van der Waals surface area contributed by atoms with Crippen molar-refractivity contribution in [2.75, 3.05) is 0 Å². The van der Waals surface area contributed by atoms with Crippen LogP contribution in [-0.4, -0.2) is 16.9 Å². The van der Waals surface area contributed by atoms with Gasteiger partial charge >= 0.3 is 0 Å². The van der Waals surface area contributed by atoms with E-state index >= 15 is 0 Å². The van der Waals surface area contributed by atoms with Gasteiger partial charge in [0.2, 0.25) is 0 Å². The van der Waals surface area contributed by atoms with Gasteiger partial charge in [0.1, 0.15) is 16.9 Å². The molecule has 21 heavy (non-hydrogen) atoms. The summed E-state index contributed by atoms with van der Waals surface area (Å²) in [7, 11) is -3.01. The van der Waals surface area contributed by atoms with Gasteiger partial charge in [0.15, 0.2) is 0 Å². The molecule has 2 bridgehead atoms. The third-order valence-corrected chi connectivity index (χ3v) is 14.3. The van der Waals surface area contributed by atoms with Crippen molar-refractivity contribution in [1.29, 1.82) is 0 Å². The van der Waals surface area contributed by atoms with Gasteiger partial charge in [-0.25, -0.2) is 0 Å². The van der Waals surface area contributed by atoms with E-state index in [2.05, 4.69) is 79.3 Å². The Hall–Kier alpha value is -1.91. The lowest BCUT2D eigenvalue weighted by Gasteiger charge is -2.47. The van der Waals surface area contributed by atoms with Crippen molar-refractivity contribution in [2.24, 2.45) is 0 Å². The number of benzene rings is 3. The van der Waals surface area contributed by atoms with Gasteiger partial charge in [-0.05, 0) is 15.6 Å². The Bertz CT molecular complexity index is 766. The summed E-state index contributed by atoms with van der Waals surface area (Å²) in [4.78, 5) is 0. The van der Waals surface area contributed by atoms with Crippen LogP contribution in [-0.2, 0) is 0 Å². The van der Waals surface area contributed by atoms with E-state index in [0.29, 0.717) is 0 Å². The Labute approximate surface area is 127 Å². The van der Waals surface area contributed by atoms with E-state index in [1.165, 1.54) is 0 Å². The molecule has 3 aromatic rings. The molecule has 0 atom stereocenters. The van der Waals surface area contributed by atoms with Crippen LogP contribution in [0, 0.1) is 0 Å². The number of hydrogen-bond donors (Lipinski definition) is 0. The zero-order valence-corrected chi connectivity index (χ0v) is 14.2. The van der Waals surface area contributed by atoms with Gasteiger partial charge < -0.3 is 0 Å². The lowest BCUT2D eigenvalue weighted by Crippen LogP contribution is -2.89. The van der Waals surface area contributed by atoms with Gasteiger partial charge in [0.05, 0.1) is 0 Å². The molecule has 100 valence electrons. The monoisotopic (exact) mass is 300 g/mol. The lowest BCUT2D eigenvalue weighted by molar-refractivity contribution is 1.66. The highest BCUT2D eigenvalue weighted by atomic mass is 28.3. The lowest BCUT2D eigenvalue weighted by atomic mass is 10.3. The first-order chi connectivity index (χ1) is 10.3. The first-order valence-corrected chi connectivity index (χ1v) is 11.8. The van der Waals surface area contributed by atoms with Crippen molar-refractivity contribution < 1.29 is 0 Å². The maximum absolute atomic E-state index is 2.55. The van der Waals surface area contributed by atoms with Crippen molar-refractivity contribution in [2.45, 2.75) is 6.55 Å². The molecule has 0 fully saturated rings. The molecule has 0 saturated carbocycles. The summed E-state index contributed by atoms with van der Waals surface area (Å²) in [5, 5.41) is 10.1. The minimum Gasteiger partial charge on any atom is -0.0626 e. The maximum Gasteiger partial charge on any atom is 0.145 e. The molecule has 6 rings (SSSR count). The molecule has 2 heteroatoms. The summed E-state index contributed by atoms with van der Waals surface area (Å²) < 4.78 is 0. The summed E-state index contributed by atoms with van der Waals surface area (Å²) >= 11 is 0. The summed E-state index contributed by atoms with van der Waals surface area (Å²) in [6.07, 6.45) is 0. The van der Waals surface area contributed by atoms with Gasteiger partial charge in [0.25, 0.3) is 0 Å². The zero-order chi connectivity index (χ0) is 14.0. The molecule has 0 unspecified atom stereocenters. The molecule has 0 radical (unpaired) electrons.